The van der Waals surface area contributed by atoms with Crippen LogP contribution < -0.4 is 55.7 Å². The molecule has 19 N–H and O–H groups in total. The number of unbranched alkanes of at least 4 members (excludes halogenated alkanes) is 1. The van der Waals surface area contributed by atoms with E-state index in [4.69, 9.17) is 34.4 Å². The summed E-state index contributed by atoms with van der Waals surface area (Å²) in [6, 6.07) is -7.24. The van der Waals surface area contributed by atoms with Crippen LogP contribution in [0, 0.1) is 0 Å². The van der Waals surface area contributed by atoms with Gasteiger partial charge in [-0.05, 0) is 64.3 Å². The standard InChI is InChI=1S/C32H57N15O8/c33-10-2-1-7-20(43-25(49)19(34)6-3-11-40-31(35)36)26(50)44-21(8-4-12-41-32(37)38)29(53)47-13-5-9-24(47)28(52)45-22(14-18-15-39-17-42-18)27(51)46-23(16-48)30(54)55/h15,17,19-24,48H,1-14,16,33-34H2,(H,39,42)(H,43,49)(H,44,50)(H,45,52)(H,46,51)(H,54,55)(H4,35,36,40)(H4,37,38,41)/t19-,20-,21-,22-,23-,24-/m0/s1. The summed E-state index contributed by atoms with van der Waals surface area (Å²) in [6.07, 6.45) is 5.49. The highest BCUT2D eigenvalue weighted by molar-refractivity contribution is 5.96. The van der Waals surface area contributed by atoms with E-state index in [9.17, 15) is 39.0 Å². The zero-order valence-electron chi connectivity index (χ0n) is 30.8. The SMILES string of the molecule is NCCCC[C@H](NC(=O)[C@@H](N)CCCN=C(N)N)C(=O)N[C@@H](CCCN=C(N)N)C(=O)N1CCC[C@H]1C(=O)N[C@@H](Cc1cnc[nH]1)C(=O)N[C@@H](CO)C(=O)O. The van der Waals surface area contributed by atoms with Gasteiger partial charge in [-0.3, -0.25) is 34.0 Å². The molecule has 5 amide bonds. The molecule has 1 aromatic heterocycles. The van der Waals surface area contributed by atoms with Crippen molar-refractivity contribution < 1.29 is 39.0 Å². The number of carboxylic acid groups (broad SMARTS) is 1. The molecule has 6 atom stereocenters. The van der Waals surface area contributed by atoms with Crippen LogP contribution in [0.3, 0.4) is 0 Å². The quantitative estimate of drug-likeness (QED) is 0.0250. The molecule has 0 unspecified atom stereocenters. The number of imidazole rings is 1. The molecule has 1 fully saturated rings. The average Bonchev–Trinajstić information content (AvgIpc) is 3.85. The molecule has 1 aliphatic heterocycles. The Bertz CT molecular complexity index is 1470. The highest BCUT2D eigenvalue weighted by Crippen LogP contribution is 2.21. The number of carboxylic acids is 1. The molecule has 23 heteroatoms. The fraction of sp³-hybridized carbons (Fsp3) is 0.656. The zero-order valence-corrected chi connectivity index (χ0v) is 30.8. The third-order valence-electron chi connectivity index (χ3n) is 8.69. The van der Waals surface area contributed by atoms with Crippen LogP contribution in [0.2, 0.25) is 0 Å². The minimum absolute atomic E-state index is 0.0581. The monoisotopic (exact) mass is 779 g/mol. The molecule has 23 nitrogen and oxygen atoms in total. The van der Waals surface area contributed by atoms with Gasteiger partial charge >= 0.3 is 5.97 Å². The smallest absolute Gasteiger partial charge is 0.328 e. The van der Waals surface area contributed by atoms with E-state index in [1.54, 1.807) is 0 Å². The fourth-order valence-corrected chi connectivity index (χ4v) is 5.78. The zero-order chi connectivity index (χ0) is 40.9. The minimum Gasteiger partial charge on any atom is -0.480 e. The Kier molecular flexibility index (Phi) is 19.9. The number of aromatic amines is 1. The second kappa shape index (κ2) is 24.0. The number of nitrogens with one attached hydrogen (secondary N) is 5. The number of likely N-dealkylation sites (tertiary alicyclic amines) is 1. The third kappa shape index (κ3) is 16.2. The van der Waals surface area contributed by atoms with Gasteiger partial charge in [0.05, 0.1) is 19.0 Å². The highest BCUT2D eigenvalue weighted by Gasteiger charge is 2.40. The van der Waals surface area contributed by atoms with E-state index < -0.39 is 78.4 Å². The minimum atomic E-state index is -1.63. The van der Waals surface area contributed by atoms with Crippen LogP contribution in [0.25, 0.3) is 0 Å². The van der Waals surface area contributed by atoms with Gasteiger partial charge in [0.2, 0.25) is 29.5 Å². The predicted molar refractivity (Wildman–Crippen MR) is 200 cm³/mol. The maximum absolute atomic E-state index is 14.2. The molecule has 1 aliphatic rings. The first-order valence-corrected chi connectivity index (χ1v) is 18.1. The summed E-state index contributed by atoms with van der Waals surface area (Å²) in [7, 11) is 0. The number of nitrogens with two attached hydrogens (primary N) is 6. The third-order valence-corrected chi connectivity index (χ3v) is 8.69. The molecule has 1 aromatic rings. The first-order chi connectivity index (χ1) is 26.2. The normalized spacial score (nSPS) is 16.4. The van der Waals surface area contributed by atoms with E-state index in [-0.39, 0.29) is 70.1 Å². The Labute approximate surface area is 318 Å². The molecule has 0 saturated carbocycles. The number of aromatic nitrogens is 2. The van der Waals surface area contributed by atoms with E-state index in [0.29, 0.717) is 37.9 Å². The lowest BCUT2D eigenvalue weighted by atomic mass is 10.0. The summed E-state index contributed by atoms with van der Waals surface area (Å²) < 4.78 is 0. The Morgan fingerprint density at radius 1 is 0.836 bits per heavy atom. The molecule has 2 rings (SSSR count). The largest absolute Gasteiger partial charge is 0.480 e. The molecule has 0 radical (unpaired) electrons. The Balaban J connectivity index is 2.28. The first-order valence-electron chi connectivity index (χ1n) is 18.1. The number of rotatable bonds is 25. The maximum atomic E-state index is 14.2. The van der Waals surface area contributed by atoms with Crippen molar-refractivity contribution in [1.82, 2.24) is 36.1 Å². The number of carbonyl (C=O) groups excluding carboxylic acids is 5. The lowest BCUT2D eigenvalue weighted by molar-refractivity contribution is -0.144. The van der Waals surface area contributed by atoms with Gasteiger partial charge in [0.15, 0.2) is 11.9 Å². The lowest BCUT2D eigenvalue weighted by Gasteiger charge is -2.31. The average molecular weight is 780 g/mol. The van der Waals surface area contributed by atoms with Crippen molar-refractivity contribution in [2.24, 2.45) is 44.4 Å². The number of H-pyrrole nitrogens is 1. The number of amides is 5. The van der Waals surface area contributed by atoms with Crippen LogP contribution in [0.1, 0.15) is 63.5 Å². The van der Waals surface area contributed by atoms with Crippen molar-refractivity contribution in [1.29, 1.82) is 0 Å². The number of aliphatic imine (C=N–C) groups is 2. The van der Waals surface area contributed by atoms with E-state index in [1.807, 2.05) is 0 Å². The summed E-state index contributed by atoms with van der Waals surface area (Å²) >= 11 is 0. The first kappa shape index (κ1) is 45.6. The molecular weight excluding hydrogens is 722 g/mol. The highest BCUT2D eigenvalue weighted by atomic mass is 16.4. The molecule has 55 heavy (non-hydrogen) atoms. The van der Waals surface area contributed by atoms with Crippen molar-refractivity contribution in [3.05, 3.63) is 18.2 Å². The number of hydrogen-bond acceptors (Lipinski definition) is 12. The van der Waals surface area contributed by atoms with Gasteiger partial charge in [-0.2, -0.15) is 0 Å². The van der Waals surface area contributed by atoms with Crippen molar-refractivity contribution >= 4 is 47.4 Å². The van der Waals surface area contributed by atoms with Crippen molar-refractivity contribution in [2.45, 2.75) is 100 Å². The molecule has 0 aromatic carbocycles. The van der Waals surface area contributed by atoms with Gasteiger partial charge in [0.25, 0.3) is 0 Å². The van der Waals surface area contributed by atoms with E-state index in [1.165, 1.54) is 17.4 Å². The van der Waals surface area contributed by atoms with Crippen LogP contribution in [-0.2, 0) is 35.2 Å². The summed E-state index contributed by atoms with van der Waals surface area (Å²) in [6.45, 7) is -0.00472. The lowest BCUT2D eigenvalue weighted by Crippen LogP contribution is -2.59. The van der Waals surface area contributed by atoms with Crippen molar-refractivity contribution in [2.75, 3.05) is 32.8 Å². The van der Waals surface area contributed by atoms with Crippen LogP contribution in [0.5, 0.6) is 0 Å². The Morgan fingerprint density at radius 3 is 2.02 bits per heavy atom. The molecule has 1 saturated heterocycles. The van der Waals surface area contributed by atoms with Crippen LogP contribution in [0.15, 0.2) is 22.5 Å². The Morgan fingerprint density at radius 2 is 1.44 bits per heavy atom. The number of aliphatic carboxylic acids is 1. The molecule has 0 spiro atoms. The van der Waals surface area contributed by atoms with Crippen LogP contribution in [-0.4, -0.2) is 142 Å². The number of guanidine groups is 2. The second-order valence-corrected chi connectivity index (χ2v) is 13.0. The fourth-order valence-electron chi connectivity index (χ4n) is 5.78. The molecular formula is C32H57N15O8. The number of hydrogen-bond donors (Lipinski definition) is 13. The second-order valence-electron chi connectivity index (χ2n) is 13.0. The van der Waals surface area contributed by atoms with E-state index in [2.05, 4.69) is 41.2 Å². The molecule has 308 valence electrons. The number of aliphatic hydroxyl groups excluding tert-OH is 1. The summed E-state index contributed by atoms with van der Waals surface area (Å²) in [4.78, 5) is 95.2. The van der Waals surface area contributed by atoms with Crippen molar-refractivity contribution in [3.63, 3.8) is 0 Å². The predicted octanol–water partition coefficient (Wildman–Crippen LogP) is -5.48. The maximum Gasteiger partial charge on any atom is 0.328 e. The van der Waals surface area contributed by atoms with Gasteiger partial charge in [0, 0.05) is 37.9 Å². The molecule has 2 heterocycles. The topological polar surface area (TPSA) is 404 Å². The van der Waals surface area contributed by atoms with E-state index >= 15 is 0 Å². The molecule has 0 aliphatic carbocycles. The molecule has 0 bridgehead atoms. The van der Waals surface area contributed by atoms with Gasteiger partial charge in [0.1, 0.15) is 30.2 Å². The number of carbonyl (C=O) groups is 6. The van der Waals surface area contributed by atoms with Gasteiger partial charge in [-0.15, -0.1) is 0 Å². The number of aliphatic hydroxyl groups is 1. The van der Waals surface area contributed by atoms with Gasteiger partial charge in [-0.1, -0.05) is 0 Å². The summed E-state index contributed by atoms with van der Waals surface area (Å²) in [5.74, 6) is -5.17. The van der Waals surface area contributed by atoms with E-state index in [0.717, 1.165) is 0 Å². The van der Waals surface area contributed by atoms with Crippen LogP contribution >= 0.6 is 0 Å². The number of nitrogens with zero attached hydrogens (tertiary/aromatic N) is 4. The van der Waals surface area contributed by atoms with Gasteiger partial charge < -0.3 is 75.8 Å². The van der Waals surface area contributed by atoms with Crippen molar-refractivity contribution in [3.8, 4) is 0 Å². The van der Waals surface area contributed by atoms with Crippen LogP contribution in [0.4, 0.5) is 0 Å². The summed E-state index contributed by atoms with van der Waals surface area (Å²) in [5, 5.41) is 29.0. The Hall–Kier alpha value is -5.55. The van der Waals surface area contributed by atoms with Gasteiger partial charge in [-0.25, -0.2) is 9.78 Å². The summed E-state index contributed by atoms with van der Waals surface area (Å²) in [5.41, 5.74) is 33.8.